The van der Waals surface area contributed by atoms with Gasteiger partial charge in [-0.1, -0.05) is 25.0 Å². The molecule has 0 amide bonds. The SMILES string of the molecule is Cc1nnc(CN=C(NC2CCCC2)N(C)Cc2ccc(F)cc2)n1C.I. The predicted molar refractivity (Wildman–Crippen MR) is 116 cm³/mol. The lowest BCUT2D eigenvalue weighted by molar-refractivity contribution is 0.456. The second kappa shape index (κ2) is 10.0. The van der Waals surface area contributed by atoms with Crippen LogP contribution in [0.4, 0.5) is 4.39 Å². The normalized spacial score (nSPS) is 14.9. The monoisotopic (exact) mass is 486 g/mol. The van der Waals surface area contributed by atoms with Crippen LogP contribution >= 0.6 is 24.0 Å². The molecule has 3 rings (SSSR count). The van der Waals surface area contributed by atoms with E-state index in [1.54, 1.807) is 0 Å². The number of hydrogen-bond donors (Lipinski definition) is 1. The van der Waals surface area contributed by atoms with Crippen LogP contribution in [0.5, 0.6) is 0 Å². The van der Waals surface area contributed by atoms with Crippen molar-refractivity contribution in [1.82, 2.24) is 25.0 Å². The van der Waals surface area contributed by atoms with E-state index < -0.39 is 0 Å². The summed E-state index contributed by atoms with van der Waals surface area (Å²) in [5.41, 5.74) is 1.05. The van der Waals surface area contributed by atoms with Crippen LogP contribution in [0.15, 0.2) is 29.3 Å². The van der Waals surface area contributed by atoms with Gasteiger partial charge in [0.25, 0.3) is 0 Å². The van der Waals surface area contributed by atoms with E-state index in [0.29, 0.717) is 19.1 Å². The molecular formula is C19H28FIN6. The molecule has 1 heterocycles. The summed E-state index contributed by atoms with van der Waals surface area (Å²) in [5, 5.41) is 11.9. The van der Waals surface area contributed by atoms with Crippen LogP contribution in [-0.4, -0.2) is 38.7 Å². The largest absolute Gasteiger partial charge is 0.353 e. The van der Waals surface area contributed by atoms with E-state index in [1.807, 2.05) is 37.7 Å². The van der Waals surface area contributed by atoms with Crippen molar-refractivity contribution < 1.29 is 4.39 Å². The van der Waals surface area contributed by atoms with E-state index in [9.17, 15) is 4.39 Å². The number of hydrogen-bond acceptors (Lipinski definition) is 3. The molecule has 148 valence electrons. The van der Waals surface area contributed by atoms with Gasteiger partial charge >= 0.3 is 0 Å². The van der Waals surface area contributed by atoms with Gasteiger partial charge in [0.05, 0.1) is 0 Å². The summed E-state index contributed by atoms with van der Waals surface area (Å²) >= 11 is 0. The summed E-state index contributed by atoms with van der Waals surface area (Å²) in [4.78, 5) is 6.86. The van der Waals surface area contributed by atoms with Crippen molar-refractivity contribution >= 4 is 29.9 Å². The number of nitrogens with one attached hydrogen (secondary N) is 1. The van der Waals surface area contributed by atoms with Crippen LogP contribution in [0.3, 0.4) is 0 Å². The van der Waals surface area contributed by atoms with Gasteiger partial charge in [0, 0.05) is 26.7 Å². The van der Waals surface area contributed by atoms with Crippen molar-refractivity contribution in [3.63, 3.8) is 0 Å². The summed E-state index contributed by atoms with van der Waals surface area (Å²) in [6, 6.07) is 7.07. The minimum atomic E-state index is -0.216. The summed E-state index contributed by atoms with van der Waals surface area (Å²) < 4.78 is 15.1. The highest BCUT2D eigenvalue weighted by Crippen LogP contribution is 2.18. The van der Waals surface area contributed by atoms with E-state index in [-0.39, 0.29) is 29.8 Å². The predicted octanol–water partition coefficient (Wildman–Crippen LogP) is 3.40. The van der Waals surface area contributed by atoms with Crippen LogP contribution in [0.1, 0.15) is 42.9 Å². The van der Waals surface area contributed by atoms with Gasteiger partial charge in [-0.2, -0.15) is 0 Å². The summed E-state index contributed by atoms with van der Waals surface area (Å²) in [5.74, 6) is 2.34. The van der Waals surface area contributed by atoms with Gasteiger partial charge < -0.3 is 14.8 Å². The first-order valence-electron chi connectivity index (χ1n) is 9.14. The molecule has 1 aromatic carbocycles. The Hall–Kier alpha value is -1.71. The summed E-state index contributed by atoms with van der Waals surface area (Å²) in [6.45, 7) is 3.06. The number of nitrogens with zero attached hydrogens (tertiary/aromatic N) is 5. The lowest BCUT2D eigenvalue weighted by Gasteiger charge is -2.25. The number of rotatable bonds is 5. The van der Waals surface area contributed by atoms with Crippen LogP contribution in [0.25, 0.3) is 0 Å². The smallest absolute Gasteiger partial charge is 0.194 e. The molecule has 1 aliphatic carbocycles. The zero-order chi connectivity index (χ0) is 18.5. The molecule has 6 nitrogen and oxygen atoms in total. The van der Waals surface area contributed by atoms with Gasteiger partial charge in [0.1, 0.15) is 18.2 Å². The fourth-order valence-corrected chi connectivity index (χ4v) is 3.20. The average molecular weight is 486 g/mol. The molecule has 2 aromatic rings. The maximum Gasteiger partial charge on any atom is 0.194 e. The molecule has 0 spiro atoms. The fourth-order valence-electron chi connectivity index (χ4n) is 3.20. The minimum absolute atomic E-state index is 0. The highest BCUT2D eigenvalue weighted by atomic mass is 127. The molecule has 1 fully saturated rings. The Kier molecular flexibility index (Phi) is 8.00. The number of halogens is 2. The van der Waals surface area contributed by atoms with Crippen molar-refractivity contribution in [3.8, 4) is 0 Å². The number of aryl methyl sites for hydroxylation is 1. The van der Waals surface area contributed by atoms with Crippen LogP contribution in [0.2, 0.25) is 0 Å². The molecule has 1 aliphatic rings. The number of guanidine groups is 1. The van der Waals surface area contributed by atoms with Gasteiger partial charge in [0.2, 0.25) is 0 Å². The maximum atomic E-state index is 13.1. The lowest BCUT2D eigenvalue weighted by Crippen LogP contribution is -2.43. The number of aliphatic imine (C=N–C) groups is 1. The van der Waals surface area contributed by atoms with Gasteiger partial charge in [-0.15, -0.1) is 34.2 Å². The van der Waals surface area contributed by atoms with Crippen molar-refractivity contribution in [2.24, 2.45) is 12.0 Å². The summed E-state index contributed by atoms with van der Waals surface area (Å²) in [6.07, 6.45) is 4.86. The van der Waals surface area contributed by atoms with E-state index in [4.69, 9.17) is 4.99 Å². The van der Waals surface area contributed by atoms with Crippen molar-refractivity contribution in [1.29, 1.82) is 0 Å². The number of aromatic nitrogens is 3. The molecule has 1 N–H and O–H groups in total. The van der Waals surface area contributed by atoms with Crippen LogP contribution in [-0.2, 0) is 20.1 Å². The van der Waals surface area contributed by atoms with Gasteiger partial charge in [0.15, 0.2) is 11.8 Å². The van der Waals surface area contributed by atoms with Crippen molar-refractivity contribution in [3.05, 3.63) is 47.3 Å². The van der Waals surface area contributed by atoms with E-state index >= 15 is 0 Å². The van der Waals surface area contributed by atoms with Crippen molar-refractivity contribution in [2.75, 3.05) is 7.05 Å². The molecule has 0 aliphatic heterocycles. The molecule has 8 heteroatoms. The molecule has 0 bridgehead atoms. The van der Waals surface area contributed by atoms with Gasteiger partial charge in [-0.25, -0.2) is 9.38 Å². The quantitative estimate of drug-likeness (QED) is 0.400. The molecule has 0 saturated heterocycles. The second-order valence-corrected chi connectivity index (χ2v) is 6.97. The van der Waals surface area contributed by atoms with Gasteiger partial charge in [-0.3, -0.25) is 0 Å². The zero-order valence-corrected chi connectivity index (χ0v) is 18.5. The third-order valence-electron chi connectivity index (χ3n) is 4.94. The van der Waals surface area contributed by atoms with Gasteiger partial charge in [-0.05, 0) is 37.5 Å². The summed E-state index contributed by atoms with van der Waals surface area (Å²) in [7, 11) is 3.96. The first kappa shape index (κ1) is 21.6. The Labute approximate surface area is 177 Å². The fraction of sp³-hybridized carbons (Fsp3) is 0.526. The Morgan fingerprint density at radius 2 is 1.93 bits per heavy atom. The Bertz CT molecular complexity index is 752. The molecule has 0 unspecified atom stereocenters. The standard InChI is InChI=1S/C19H27FN6.HI/c1-14-23-24-18(26(14)3)12-21-19(22-17-6-4-5-7-17)25(2)13-15-8-10-16(20)11-9-15;/h8-11,17H,4-7,12-13H2,1-3H3,(H,21,22);1H. The molecule has 27 heavy (non-hydrogen) atoms. The average Bonchev–Trinajstić information content (AvgIpc) is 3.25. The number of benzene rings is 1. The third-order valence-corrected chi connectivity index (χ3v) is 4.94. The Morgan fingerprint density at radius 3 is 2.52 bits per heavy atom. The maximum absolute atomic E-state index is 13.1. The molecule has 1 aromatic heterocycles. The lowest BCUT2D eigenvalue weighted by atomic mass is 10.2. The third kappa shape index (κ3) is 5.88. The zero-order valence-electron chi connectivity index (χ0n) is 16.2. The highest BCUT2D eigenvalue weighted by Gasteiger charge is 2.18. The molecule has 1 saturated carbocycles. The second-order valence-electron chi connectivity index (χ2n) is 6.97. The Morgan fingerprint density at radius 1 is 1.26 bits per heavy atom. The minimum Gasteiger partial charge on any atom is -0.353 e. The molecule has 0 radical (unpaired) electrons. The first-order valence-corrected chi connectivity index (χ1v) is 9.14. The van der Waals surface area contributed by atoms with E-state index in [1.165, 1.54) is 37.8 Å². The molecular weight excluding hydrogens is 458 g/mol. The first-order chi connectivity index (χ1) is 12.5. The van der Waals surface area contributed by atoms with Crippen molar-refractivity contribution in [2.45, 2.75) is 51.7 Å². The Balaban J connectivity index is 0.00000261. The van der Waals surface area contributed by atoms with Crippen LogP contribution in [0, 0.1) is 12.7 Å². The van der Waals surface area contributed by atoms with E-state index in [0.717, 1.165) is 23.2 Å². The van der Waals surface area contributed by atoms with Crippen LogP contribution < -0.4 is 5.32 Å². The topological polar surface area (TPSA) is 58.3 Å². The highest BCUT2D eigenvalue weighted by molar-refractivity contribution is 14.0. The molecule has 0 atom stereocenters. The van der Waals surface area contributed by atoms with E-state index in [2.05, 4.69) is 20.4 Å².